The molecule has 1 saturated heterocycles. The van der Waals surface area contributed by atoms with Gasteiger partial charge in [0.1, 0.15) is 5.82 Å². The van der Waals surface area contributed by atoms with Crippen molar-refractivity contribution >= 4 is 11.8 Å². The number of ether oxygens (including phenoxy) is 1. The third-order valence-corrected chi connectivity index (χ3v) is 5.87. The van der Waals surface area contributed by atoms with Crippen molar-refractivity contribution in [3.8, 4) is 6.07 Å². The van der Waals surface area contributed by atoms with Crippen LogP contribution in [-0.4, -0.2) is 29.0 Å². The van der Waals surface area contributed by atoms with E-state index in [0.717, 1.165) is 5.56 Å². The van der Waals surface area contributed by atoms with Crippen LogP contribution < -0.4 is 10.6 Å². The molecule has 1 aliphatic carbocycles. The second-order valence-corrected chi connectivity index (χ2v) is 7.70. The molecule has 0 radical (unpaired) electrons. The first-order valence-electron chi connectivity index (χ1n) is 9.82. The van der Waals surface area contributed by atoms with E-state index in [2.05, 4.69) is 28.7 Å². The summed E-state index contributed by atoms with van der Waals surface area (Å²) in [6.45, 7) is 3.30. The summed E-state index contributed by atoms with van der Waals surface area (Å²) in [6.07, 6.45) is 5.52. The Morgan fingerprint density at radius 2 is 2.00 bits per heavy atom. The molecular formula is C21H25N5O2. The van der Waals surface area contributed by atoms with Gasteiger partial charge >= 0.3 is 6.03 Å². The Bertz CT molecular complexity index is 873. The van der Waals surface area contributed by atoms with Gasteiger partial charge < -0.3 is 10.1 Å². The van der Waals surface area contributed by atoms with Crippen LogP contribution in [-0.2, 0) is 10.3 Å². The largest absolute Gasteiger partial charge is 0.381 e. The molecule has 1 aromatic heterocycles. The number of carbonyl (C=O) groups excluding carboxylic acids is 1. The lowest BCUT2D eigenvalue weighted by atomic mass is 9.82. The van der Waals surface area contributed by atoms with Crippen LogP contribution in [0, 0.1) is 17.2 Å². The van der Waals surface area contributed by atoms with Crippen molar-refractivity contribution in [2.24, 2.45) is 5.92 Å². The van der Waals surface area contributed by atoms with Crippen molar-refractivity contribution in [1.82, 2.24) is 15.1 Å². The molecular weight excluding hydrogens is 354 g/mol. The van der Waals surface area contributed by atoms with Crippen LogP contribution >= 0.6 is 0 Å². The molecule has 1 atom stereocenters. The topological polar surface area (TPSA) is 92.0 Å². The van der Waals surface area contributed by atoms with Gasteiger partial charge in [-0.3, -0.25) is 5.32 Å². The number of nitriles is 1. The SMILES string of the molecule is C[C@@H](C1CC1)n1nccc1NC(=O)NC1(c2ccc(C#N)cc2)CCOCC1. The highest BCUT2D eigenvalue weighted by Gasteiger charge is 2.36. The Kier molecular flexibility index (Phi) is 5.05. The average molecular weight is 379 g/mol. The van der Waals surface area contributed by atoms with Gasteiger partial charge in [0, 0.05) is 19.3 Å². The molecule has 2 aromatic rings. The highest BCUT2D eigenvalue weighted by atomic mass is 16.5. The highest BCUT2D eigenvalue weighted by molar-refractivity contribution is 5.89. The first-order chi connectivity index (χ1) is 13.6. The van der Waals surface area contributed by atoms with Crippen molar-refractivity contribution in [3.05, 3.63) is 47.7 Å². The van der Waals surface area contributed by atoms with Gasteiger partial charge in [0.2, 0.25) is 0 Å². The maximum Gasteiger partial charge on any atom is 0.321 e. The van der Waals surface area contributed by atoms with Crippen molar-refractivity contribution in [3.63, 3.8) is 0 Å². The van der Waals surface area contributed by atoms with E-state index in [1.54, 1.807) is 18.3 Å². The average Bonchev–Trinajstić information content (AvgIpc) is 3.47. The van der Waals surface area contributed by atoms with Crippen molar-refractivity contribution in [1.29, 1.82) is 5.26 Å². The maximum absolute atomic E-state index is 12.9. The summed E-state index contributed by atoms with van der Waals surface area (Å²) in [7, 11) is 0. The van der Waals surface area contributed by atoms with Crippen molar-refractivity contribution < 1.29 is 9.53 Å². The van der Waals surface area contributed by atoms with Gasteiger partial charge in [0.25, 0.3) is 0 Å². The van der Waals surface area contributed by atoms with E-state index in [-0.39, 0.29) is 12.1 Å². The fourth-order valence-corrected chi connectivity index (χ4v) is 3.95. The number of urea groups is 1. The maximum atomic E-state index is 12.9. The van der Waals surface area contributed by atoms with Crippen molar-refractivity contribution in [2.45, 2.75) is 44.2 Å². The summed E-state index contributed by atoms with van der Waals surface area (Å²) in [5, 5.41) is 19.6. The molecule has 7 nitrogen and oxygen atoms in total. The lowest BCUT2D eigenvalue weighted by Crippen LogP contribution is -2.51. The Morgan fingerprint density at radius 3 is 2.64 bits per heavy atom. The Hall–Kier alpha value is -2.85. The number of carbonyl (C=O) groups is 1. The van der Waals surface area contributed by atoms with E-state index in [1.165, 1.54) is 12.8 Å². The molecule has 4 rings (SSSR count). The molecule has 0 spiro atoms. The number of benzene rings is 1. The number of nitrogens with zero attached hydrogens (tertiary/aromatic N) is 3. The molecule has 1 aromatic carbocycles. The smallest absolute Gasteiger partial charge is 0.321 e. The number of rotatable bonds is 5. The van der Waals surface area contributed by atoms with E-state index in [1.807, 2.05) is 22.9 Å². The van der Waals surface area contributed by atoms with Crippen LogP contribution in [0.3, 0.4) is 0 Å². The summed E-state index contributed by atoms with van der Waals surface area (Å²) >= 11 is 0. The first kappa shape index (κ1) is 18.5. The molecule has 2 heterocycles. The number of aromatic nitrogens is 2. The Morgan fingerprint density at radius 1 is 1.29 bits per heavy atom. The molecule has 2 aliphatic rings. The van der Waals surface area contributed by atoms with Crippen LogP contribution in [0.15, 0.2) is 36.5 Å². The van der Waals surface area contributed by atoms with Gasteiger partial charge in [-0.1, -0.05) is 12.1 Å². The fraction of sp³-hybridized carbons (Fsp3) is 0.476. The molecule has 2 amide bonds. The van der Waals surface area contributed by atoms with Crippen LogP contribution in [0.5, 0.6) is 0 Å². The number of hydrogen-bond donors (Lipinski definition) is 2. The van der Waals surface area contributed by atoms with E-state index in [4.69, 9.17) is 10.00 Å². The Balaban J connectivity index is 1.52. The minimum atomic E-state index is -0.511. The van der Waals surface area contributed by atoms with Gasteiger partial charge in [-0.2, -0.15) is 10.4 Å². The van der Waals surface area contributed by atoms with Crippen LogP contribution in [0.25, 0.3) is 0 Å². The third kappa shape index (κ3) is 3.73. The molecule has 7 heteroatoms. The summed E-state index contributed by atoms with van der Waals surface area (Å²) in [4.78, 5) is 12.9. The molecule has 146 valence electrons. The van der Waals surface area contributed by atoms with Gasteiger partial charge in [-0.05, 0) is 56.2 Å². The van der Waals surface area contributed by atoms with E-state index < -0.39 is 5.54 Å². The zero-order valence-corrected chi connectivity index (χ0v) is 16.0. The van der Waals surface area contributed by atoms with E-state index in [0.29, 0.717) is 43.4 Å². The van der Waals surface area contributed by atoms with Gasteiger partial charge in [0.15, 0.2) is 0 Å². The third-order valence-electron chi connectivity index (χ3n) is 5.87. The standard InChI is InChI=1S/C21H25N5O2/c1-15(17-4-5-17)26-19(8-11-23-26)24-20(27)25-21(9-12-28-13-10-21)18-6-2-16(14-22)3-7-18/h2-3,6-8,11,15,17H,4-5,9-10,12-13H2,1H3,(H2,24,25,27)/t15-/m0/s1. The van der Waals surface area contributed by atoms with Gasteiger partial charge in [-0.15, -0.1) is 0 Å². The number of hydrogen-bond acceptors (Lipinski definition) is 4. The summed E-state index contributed by atoms with van der Waals surface area (Å²) in [5.74, 6) is 1.35. The monoisotopic (exact) mass is 379 g/mol. The zero-order chi connectivity index (χ0) is 19.6. The summed E-state index contributed by atoms with van der Waals surface area (Å²) in [6, 6.07) is 11.4. The molecule has 2 N–H and O–H groups in total. The van der Waals surface area contributed by atoms with E-state index in [9.17, 15) is 4.79 Å². The van der Waals surface area contributed by atoms with Crippen LogP contribution in [0.4, 0.5) is 10.6 Å². The second-order valence-electron chi connectivity index (χ2n) is 7.70. The predicted octanol–water partition coefficient (Wildman–Crippen LogP) is 3.55. The van der Waals surface area contributed by atoms with Gasteiger partial charge in [0.05, 0.1) is 29.4 Å². The Labute approximate surface area is 164 Å². The first-order valence-corrected chi connectivity index (χ1v) is 9.82. The molecule has 2 fully saturated rings. The predicted molar refractivity (Wildman–Crippen MR) is 105 cm³/mol. The number of nitrogens with one attached hydrogen (secondary N) is 2. The molecule has 0 unspecified atom stereocenters. The minimum Gasteiger partial charge on any atom is -0.381 e. The second kappa shape index (κ2) is 7.64. The fourth-order valence-electron chi connectivity index (χ4n) is 3.95. The molecule has 0 bridgehead atoms. The van der Waals surface area contributed by atoms with Crippen LogP contribution in [0.2, 0.25) is 0 Å². The molecule has 1 aliphatic heterocycles. The number of anilines is 1. The molecule has 1 saturated carbocycles. The van der Waals surface area contributed by atoms with E-state index >= 15 is 0 Å². The van der Waals surface area contributed by atoms with Crippen molar-refractivity contribution in [2.75, 3.05) is 18.5 Å². The highest BCUT2D eigenvalue weighted by Crippen LogP contribution is 2.40. The number of amides is 2. The normalized spacial score (nSPS) is 19.4. The quantitative estimate of drug-likeness (QED) is 0.831. The van der Waals surface area contributed by atoms with Crippen LogP contribution in [0.1, 0.15) is 49.8 Å². The lowest BCUT2D eigenvalue weighted by molar-refractivity contribution is 0.0418. The lowest BCUT2D eigenvalue weighted by Gasteiger charge is -2.38. The van der Waals surface area contributed by atoms with Gasteiger partial charge in [-0.25, -0.2) is 9.48 Å². The molecule has 28 heavy (non-hydrogen) atoms. The summed E-state index contributed by atoms with van der Waals surface area (Å²) in [5.41, 5.74) is 1.08. The summed E-state index contributed by atoms with van der Waals surface area (Å²) < 4.78 is 7.42. The minimum absolute atomic E-state index is 0.254. The zero-order valence-electron chi connectivity index (χ0n) is 16.0.